The van der Waals surface area contributed by atoms with Crippen molar-refractivity contribution in [3.05, 3.63) is 58.5 Å². The minimum absolute atomic E-state index is 0.0933. The SMILES string of the molecule is Cc1c(NC(=O)[C@H](C)Sc2nnc(NC(=O)C[C@@H]3C=CCC3)s2)c(=O)n(-c2ccccc2)n1C. The second kappa shape index (κ2) is 10.4. The monoisotopic (exact) mass is 498 g/mol. The van der Waals surface area contributed by atoms with Crippen LogP contribution < -0.4 is 16.2 Å². The molecule has 0 saturated carbocycles. The van der Waals surface area contributed by atoms with Crippen molar-refractivity contribution in [1.82, 2.24) is 19.6 Å². The molecule has 2 atom stereocenters. The Morgan fingerprint density at radius 1 is 1.24 bits per heavy atom. The van der Waals surface area contributed by atoms with Crippen LogP contribution in [-0.2, 0) is 16.6 Å². The van der Waals surface area contributed by atoms with Gasteiger partial charge in [0.2, 0.25) is 16.9 Å². The second-order valence-corrected chi connectivity index (χ2v) is 10.6. The van der Waals surface area contributed by atoms with Crippen molar-refractivity contribution in [2.24, 2.45) is 13.0 Å². The van der Waals surface area contributed by atoms with E-state index in [4.69, 9.17) is 0 Å². The molecule has 0 spiro atoms. The lowest BCUT2D eigenvalue weighted by Crippen LogP contribution is -2.27. The van der Waals surface area contributed by atoms with E-state index in [0.717, 1.165) is 12.8 Å². The zero-order valence-electron chi connectivity index (χ0n) is 19.1. The lowest BCUT2D eigenvalue weighted by Gasteiger charge is -2.09. The van der Waals surface area contributed by atoms with Gasteiger partial charge in [0.1, 0.15) is 5.69 Å². The number of rotatable bonds is 8. The van der Waals surface area contributed by atoms with E-state index in [9.17, 15) is 14.4 Å². The van der Waals surface area contributed by atoms with Crippen molar-refractivity contribution in [1.29, 1.82) is 0 Å². The van der Waals surface area contributed by atoms with Crippen LogP contribution in [-0.4, -0.2) is 36.6 Å². The molecule has 0 saturated heterocycles. The molecule has 2 N–H and O–H groups in total. The third kappa shape index (κ3) is 5.31. The Kier molecular flexibility index (Phi) is 7.32. The molecule has 2 amide bonds. The number of hydrogen-bond donors (Lipinski definition) is 2. The van der Waals surface area contributed by atoms with Crippen LogP contribution in [0.25, 0.3) is 5.69 Å². The summed E-state index contributed by atoms with van der Waals surface area (Å²) in [5, 5.41) is 13.5. The highest BCUT2D eigenvalue weighted by Crippen LogP contribution is 2.30. The minimum atomic E-state index is -0.524. The van der Waals surface area contributed by atoms with Gasteiger partial charge in [-0.25, -0.2) is 4.68 Å². The Morgan fingerprint density at radius 3 is 2.71 bits per heavy atom. The van der Waals surface area contributed by atoms with Gasteiger partial charge in [-0.15, -0.1) is 10.2 Å². The predicted molar refractivity (Wildman–Crippen MR) is 135 cm³/mol. The maximum absolute atomic E-state index is 13.0. The van der Waals surface area contributed by atoms with Gasteiger partial charge in [0.25, 0.3) is 5.56 Å². The summed E-state index contributed by atoms with van der Waals surface area (Å²) in [7, 11) is 1.78. The molecule has 0 radical (unpaired) electrons. The first-order valence-corrected chi connectivity index (χ1v) is 12.6. The third-order valence-electron chi connectivity index (χ3n) is 5.66. The molecule has 9 nitrogen and oxygen atoms in total. The largest absolute Gasteiger partial charge is 0.319 e. The van der Waals surface area contributed by atoms with Gasteiger partial charge < -0.3 is 10.6 Å². The van der Waals surface area contributed by atoms with Crippen molar-refractivity contribution in [2.45, 2.75) is 42.7 Å². The Bertz CT molecular complexity index is 1280. The first-order chi connectivity index (χ1) is 16.3. The fourth-order valence-electron chi connectivity index (χ4n) is 3.72. The zero-order valence-corrected chi connectivity index (χ0v) is 20.8. The number of nitrogens with zero attached hydrogens (tertiary/aromatic N) is 4. The average molecular weight is 499 g/mol. The lowest BCUT2D eigenvalue weighted by atomic mass is 10.1. The molecule has 0 bridgehead atoms. The highest BCUT2D eigenvalue weighted by molar-refractivity contribution is 8.02. The van der Waals surface area contributed by atoms with Crippen LogP contribution in [0.1, 0.15) is 31.9 Å². The minimum Gasteiger partial charge on any atom is -0.319 e. The third-order valence-corrected chi connectivity index (χ3v) is 7.68. The number of carbonyl (C=O) groups excluding carboxylic acids is 2. The number of aromatic nitrogens is 4. The van der Waals surface area contributed by atoms with E-state index in [1.807, 2.05) is 30.3 Å². The van der Waals surface area contributed by atoms with E-state index in [2.05, 4.69) is 33.0 Å². The molecule has 1 aliphatic rings. The van der Waals surface area contributed by atoms with Gasteiger partial charge >= 0.3 is 0 Å². The molecule has 2 heterocycles. The molecule has 1 aromatic carbocycles. The van der Waals surface area contributed by atoms with Gasteiger partial charge in [-0.1, -0.05) is 53.4 Å². The van der Waals surface area contributed by atoms with E-state index in [1.165, 1.54) is 27.8 Å². The van der Waals surface area contributed by atoms with E-state index >= 15 is 0 Å². The van der Waals surface area contributed by atoms with E-state index in [-0.39, 0.29) is 29.0 Å². The van der Waals surface area contributed by atoms with Crippen LogP contribution in [0.2, 0.25) is 0 Å². The van der Waals surface area contributed by atoms with Crippen LogP contribution >= 0.6 is 23.1 Å². The van der Waals surface area contributed by atoms with Gasteiger partial charge in [-0.3, -0.25) is 19.1 Å². The number of benzene rings is 1. The summed E-state index contributed by atoms with van der Waals surface area (Å²) in [5.41, 5.74) is 1.32. The summed E-state index contributed by atoms with van der Waals surface area (Å²) in [6.45, 7) is 3.52. The maximum atomic E-state index is 13.0. The van der Waals surface area contributed by atoms with Crippen LogP contribution in [0, 0.1) is 12.8 Å². The van der Waals surface area contributed by atoms with Gasteiger partial charge in [-0.05, 0) is 44.7 Å². The predicted octanol–water partition coefficient (Wildman–Crippen LogP) is 3.75. The van der Waals surface area contributed by atoms with E-state index in [0.29, 0.717) is 27.3 Å². The summed E-state index contributed by atoms with van der Waals surface area (Å²) in [4.78, 5) is 38.1. The maximum Gasteiger partial charge on any atom is 0.295 e. The lowest BCUT2D eigenvalue weighted by molar-refractivity contribution is -0.117. The average Bonchev–Trinajstić information content (AvgIpc) is 3.53. The van der Waals surface area contributed by atoms with E-state index < -0.39 is 5.25 Å². The molecular formula is C23H26N6O3S2. The van der Waals surface area contributed by atoms with Gasteiger partial charge in [0, 0.05) is 13.5 Å². The van der Waals surface area contributed by atoms with Crippen LogP contribution in [0.5, 0.6) is 0 Å². The fraction of sp³-hybridized carbons (Fsp3) is 0.348. The Morgan fingerprint density at radius 2 is 2.00 bits per heavy atom. The molecule has 34 heavy (non-hydrogen) atoms. The standard InChI is InChI=1S/C23H26N6O3S2/c1-14-19(21(32)29(28(14)3)17-11-5-4-6-12-17)25-20(31)15(2)33-23-27-26-22(34-23)24-18(30)13-16-9-7-8-10-16/h4-7,9,11-12,15-16H,8,10,13H2,1-3H3,(H,25,31)(H,24,26,30)/t15-,16+/m0/s1. The van der Waals surface area contributed by atoms with Crippen molar-refractivity contribution < 1.29 is 9.59 Å². The Hall–Kier alpha value is -3.18. The van der Waals surface area contributed by atoms with Gasteiger partial charge in [0.15, 0.2) is 4.34 Å². The zero-order chi connectivity index (χ0) is 24.2. The van der Waals surface area contributed by atoms with Gasteiger partial charge in [0.05, 0.1) is 16.6 Å². The Labute approximate surface area is 205 Å². The summed E-state index contributed by atoms with van der Waals surface area (Å²) < 4.78 is 3.79. The van der Waals surface area contributed by atoms with Crippen LogP contribution in [0.3, 0.4) is 0 Å². The number of para-hydroxylation sites is 1. The fourth-order valence-corrected chi connectivity index (χ4v) is 5.64. The quantitative estimate of drug-likeness (QED) is 0.278. The molecular weight excluding hydrogens is 472 g/mol. The van der Waals surface area contributed by atoms with Crippen molar-refractivity contribution >= 4 is 45.7 Å². The van der Waals surface area contributed by atoms with Crippen LogP contribution in [0.4, 0.5) is 10.8 Å². The first kappa shape index (κ1) is 24.0. The Balaban J connectivity index is 1.38. The van der Waals surface area contributed by atoms with Gasteiger partial charge in [-0.2, -0.15) is 0 Å². The smallest absolute Gasteiger partial charge is 0.295 e. The summed E-state index contributed by atoms with van der Waals surface area (Å²) in [6.07, 6.45) is 6.60. The molecule has 4 rings (SSSR count). The van der Waals surface area contributed by atoms with Crippen molar-refractivity contribution in [2.75, 3.05) is 10.6 Å². The highest BCUT2D eigenvalue weighted by atomic mass is 32.2. The molecule has 178 valence electrons. The topological polar surface area (TPSA) is 111 Å². The molecule has 0 aliphatic heterocycles. The summed E-state index contributed by atoms with van der Waals surface area (Å²) in [6, 6.07) is 9.25. The molecule has 11 heteroatoms. The molecule has 2 aromatic heterocycles. The van der Waals surface area contributed by atoms with E-state index in [1.54, 1.807) is 25.6 Å². The van der Waals surface area contributed by atoms with Crippen molar-refractivity contribution in [3.8, 4) is 5.69 Å². The first-order valence-electron chi connectivity index (χ1n) is 10.9. The second-order valence-electron chi connectivity index (χ2n) is 8.08. The highest BCUT2D eigenvalue weighted by Gasteiger charge is 2.23. The number of amides is 2. The molecule has 1 aliphatic carbocycles. The van der Waals surface area contributed by atoms with Crippen LogP contribution in [0.15, 0.2) is 51.6 Å². The number of allylic oxidation sites excluding steroid dienone is 2. The molecule has 3 aromatic rings. The normalized spacial score (nSPS) is 15.9. The number of thioether (sulfide) groups is 1. The number of carbonyl (C=O) groups is 2. The summed E-state index contributed by atoms with van der Waals surface area (Å²) in [5.74, 6) is -0.132. The summed E-state index contributed by atoms with van der Waals surface area (Å²) >= 11 is 2.45. The molecule has 0 unspecified atom stereocenters. The number of nitrogens with one attached hydrogen (secondary N) is 2. The van der Waals surface area contributed by atoms with Crippen molar-refractivity contribution in [3.63, 3.8) is 0 Å². The number of anilines is 2. The number of hydrogen-bond acceptors (Lipinski definition) is 7. The molecule has 0 fully saturated rings.